The fourth-order valence-electron chi connectivity index (χ4n) is 3.74. The number of aromatic nitrogens is 2. The molecule has 0 bridgehead atoms. The van der Waals surface area contributed by atoms with E-state index < -0.39 is 0 Å². The number of hydrogen-bond acceptors (Lipinski definition) is 6. The Kier molecular flexibility index (Phi) is 6.74. The molecular weight excluding hydrogens is 434 g/mol. The Balaban J connectivity index is 1.55. The lowest BCUT2D eigenvalue weighted by molar-refractivity contribution is 0.0544. The third kappa shape index (κ3) is 4.21. The number of ether oxygens (including phenoxy) is 3. The van der Waals surface area contributed by atoms with Crippen molar-refractivity contribution in [2.24, 2.45) is 0 Å². The van der Waals surface area contributed by atoms with Gasteiger partial charge in [-0.1, -0.05) is 23.7 Å². The first kappa shape index (κ1) is 22.3. The van der Waals surface area contributed by atoms with Crippen LogP contribution in [0.3, 0.4) is 0 Å². The number of fused-ring (bicyclic) bond motifs is 2. The fourth-order valence-corrected chi connectivity index (χ4v) is 3.95. The molecule has 0 saturated heterocycles. The molecule has 0 spiro atoms. The molecule has 2 amide bonds. The zero-order valence-corrected chi connectivity index (χ0v) is 18.7. The molecule has 8 nitrogen and oxygen atoms in total. The van der Waals surface area contributed by atoms with E-state index in [0.717, 1.165) is 5.52 Å². The van der Waals surface area contributed by atoms with Crippen molar-refractivity contribution < 1.29 is 23.8 Å². The average Bonchev–Trinajstić information content (AvgIpc) is 3.25. The SMILES string of the molecule is CCn1c(CN2C(=O)c3ccccc3C2=O)nc2cc(Cl)c(OCCOCCOC)cc21. The molecule has 0 unspecified atom stereocenters. The van der Waals surface area contributed by atoms with Gasteiger partial charge in [-0.15, -0.1) is 0 Å². The molecule has 1 aromatic heterocycles. The van der Waals surface area contributed by atoms with Gasteiger partial charge in [-0.25, -0.2) is 4.98 Å². The summed E-state index contributed by atoms with van der Waals surface area (Å²) in [6.07, 6.45) is 0. The standard InChI is InChI=1S/C23H24ClN3O5/c1-3-26-19-13-20(32-11-10-31-9-8-30-2)17(24)12-18(19)25-21(26)14-27-22(28)15-6-4-5-7-16(15)23(27)29/h4-7,12-13H,3,8-11,14H2,1-2H3. The summed E-state index contributed by atoms with van der Waals surface area (Å²) in [7, 11) is 1.62. The summed E-state index contributed by atoms with van der Waals surface area (Å²) in [4.78, 5) is 31.4. The lowest BCUT2D eigenvalue weighted by Gasteiger charge is -2.14. The fraction of sp³-hybridized carbons (Fsp3) is 0.348. The Morgan fingerprint density at radius 2 is 1.69 bits per heavy atom. The van der Waals surface area contributed by atoms with Crippen LogP contribution in [0, 0.1) is 0 Å². The van der Waals surface area contributed by atoms with E-state index in [0.29, 0.717) is 66.2 Å². The molecule has 0 N–H and O–H groups in total. The molecule has 0 atom stereocenters. The van der Waals surface area contributed by atoms with E-state index in [1.54, 1.807) is 37.4 Å². The zero-order valence-electron chi connectivity index (χ0n) is 18.0. The number of hydrogen-bond donors (Lipinski definition) is 0. The van der Waals surface area contributed by atoms with Crippen LogP contribution in [0.4, 0.5) is 0 Å². The number of imide groups is 1. The summed E-state index contributed by atoms with van der Waals surface area (Å²) in [5.41, 5.74) is 2.33. The molecule has 2 aromatic carbocycles. The molecule has 32 heavy (non-hydrogen) atoms. The number of rotatable bonds is 10. The molecule has 1 aliphatic rings. The molecule has 1 aliphatic heterocycles. The van der Waals surface area contributed by atoms with E-state index in [-0.39, 0.29) is 18.4 Å². The minimum Gasteiger partial charge on any atom is -0.490 e. The van der Waals surface area contributed by atoms with Crippen molar-refractivity contribution in [3.8, 4) is 5.75 Å². The lowest BCUT2D eigenvalue weighted by atomic mass is 10.1. The highest BCUT2D eigenvalue weighted by atomic mass is 35.5. The molecule has 0 fully saturated rings. The second-order valence-corrected chi connectivity index (χ2v) is 7.65. The van der Waals surface area contributed by atoms with Gasteiger partial charge in [0.1, 0.15) is 18.2 Å². The quantitative estimate of drug-likeness (QED) is 0.342. The van der Waals surface area contributed by atoms with E-state index >= 15 is 0 Å². The lowest BCUT2D eigenvalue weighted by Crippen LogP contribution is -2.30. The molecule has 0 aliphatic carbocycles. The van der Waals surface area contributed by atoms with Crippen molar-refractivity contribution in [3.63, 3.8) is 0 Å². The predicted octanol–water partition coefficient (Wildman–Crippen LogP) is 3.55. The van der Waals surface area contributed by atoms with Crippen LogP contribution in [-0.2, 0) is 22.6 Å². The topological polar surface area (TPSA) is 82.9 Å². The molecule has 2 heterocycles. The largest absolute Gasteiger partial charge is 0.490 e. The highest BCUT2D eigenvalue weighted by molar-refractivity contribution is 6.32. The van der Waals surface area contributed by atoms with Gasteiger partial charge in [0.15, 0.2) is 0 Å². The number of halogens is 1. The van der Waals surface area contributed by atoms with Crippen molar-refractivity contribution in [2.45, 2.75) is 20.0 Å². The van der Waals surface area contributed by atoms with E-state index in [9.17, 15) is 9.59 Å². The summed E-state index contributed by atoms with van der Waals surface area (Å²) >= 11 is 6.39. The predicted molar refractivity (Wildman–Crippen MR) is 119 cm³/mol. The summed E-state index contributed by atoms with van der Waals surface area (Å²) in [5, 5.41) is 0.433. The van der Waals surface area contributed by atoms with Crippen LogP contribution in [0.1, 0.15) is 33.5 Å². The molecule has 9 heteroatoms. The van der Waals surface area contributed by atoms with Gasteiger partial charge in [0.2, 0.25) is 0 Å². The summed E-state index contributed by atoms with van der Waals surface area (Å²) < 4.78 is 18.1. The monoisotopic (exact) mass is 457 g/mol. The Labute approximate surface area is 190 Å². The smallest absolute Gasteiger partial charge is 0.261 e. The maximum absolute atomic E-state index is 12.8. The molecular formula is C23H24ClN3O5. The number of methoxy groups -OCH3 is 1. The first-order chi connectivity index (χ1) is 15.5. The molecule has 0 saturated carbocycles. The first-order valence-electron chi connectivity index (χ1n) is 10.4. The van der Waals surface area contributed by atoms with Crippen molar-refractivity contribution in [2.75, 3.05) is 33.5 Å². The van der Waals surface area contributed by atoms with E-state index in [4.69, 9.17) is 25.8 Å². The summed E-state index contributed by atoms with van der Waals surface area (Å²) in [6, 6.07) is 10.4. The number of aryl methyl sites for hydroxylation is 1. The Hall–Kier alpha value is -2.94. The normalized spacial score (nSPS) is 13.3. The van der Waals surface area contributed by atoms with Crippen LogP contribution in [0.25, 0.3) is 11.0 Å². The van der Waals surface area contributed by atoms with Crippen molar-refractivity contribution >= 4 is 34.4 Å². The van der Waals surface area contributed by atoms with Crippen molar-refractivity contribution in [3.05, 3.63) is 58.4 Å². The number of amides is 2. The third-order valence-electron chi connectivity index (χ3n) is 5.29. The average molecular weight is 458 g/mol. The Bertz CT molecular complexity index is 1120. The van der Waals surface area contributed by atoms with E-state index in [1.807, 2.05) is 17.6 Å². The molecule has 4 rings (SSSR count). The second-order valence-electron chi connectivity index (χ2n) is 7.24. The molecule has 168 valence electrons. The number of carbonyl (C=O) groups is 2. The van der Waals surface area contributed by atoms with Gasteiger partial charge in [-0.3, -0.25) is 14.5 Å². The maximum Gasteiger partial charge on any atom is 0.261 e. The summed E-state index contributed by atoms with van der Waals surface area (Å²) in [6.45, 7) is 4.44. The highest BCUT2D eigenvalue weighted by Gasteiger charge is 2.36. The van der Waals surface area contributed by atoms with Crippen molar-refractivity contribution in [1.29, 1.82) is 0 Å². The van der Waals surface area contributed by atoms with Crippen molar-refractivity contribution in [1.82, 2.24) is 14.5 Å². The molecule has 0 radical (unpaired) electrons. The number of nitrogens with zero attached hydrogens (tertiary/aromatic N) is 3. The second kappa shape index (κ2) is 9.68. The van der Waals surface area contributed by atoms with Crippen LogP contribution in [-0.4, -0.2) is 59.8 Å². The maximum atomic E-state index is 12.8. The minimum absolute atomic E-state index is 0.0794. The number of imidazole rings is 1. The third-order valence-corrected chi connectivity index (χ3v) is 5.59. The highest BCUT2D eigenvalue weighted by Crippen LogP contribution is 2.32. The minimum atomic E-state index is -0.309. The van der Waals surface area contributed by atoms with Gasteiger partial charge >= 0.3 is 0 Å². The van der Waals surface area contributed by atoms with Crippen LogP contribution in [0.15, 0.2) is 36.4 Å². The molecule has 3 aromatic rings. The van der Waals surface area contributed by atoms with E-state index in [1.165, 1.54) is 4.90 Å². The van der Waals surface area contributed by atoms with Crippen LogP contribution >= 0.6 is 11.6 Å². The zero-order chi connectivity index (χ0) is 22.7. The van der Waals surface area contributed by atoms with Crippen LogP contribution in [0.2, 0.25) is 5.02 Å². The summed E-state index contributed by atoms with van der Waals surface area (Å²) in [5.74, 6) is 0.510. The van der Waals surface area contributed by atoms with Crippen LogP contribution < -0.4 is 4.74 Å². The Morgan fingerprint density at radius 3 is 2.34 bits per heavy atom. The van der Waals surface area contributed by atoms with Gasteiger partial charge in [-0.05, 0) is 25.1 Å². The number of benzene rings is 2. The van der Waals surface area contributed by atoms with Gasteiger partial charge in [-0.2, -0.15) is 0 Å². The van der Waals surface area contributed by atoms with Gasteiger partial charge in [0, 0.05) is 19.7 Å². The Morgan fingerprint density at radius 1 is 1.00 bits per heavy atom. The van der Waals surface area contributed by atoms with Crippen LogP contribution in [0.5, 0.6) is 5.75 Å². The van der Waals surface area contributed by atoms with Gasteiger partial charge in [0.25, 0.3) is 11.8 Å². The first-order valence-corrected chi connectivity index (χ1v) is 10.8. The van der Waals surface area contributed by atoms with E-state index in [2.05, 4.69) is 4.98 Å². The number of carbonyl (C=O) groups excluding carboxylic acids is 2. The van der Waals surface area contributed by atoms with Gasteiger partial charge in [0.05, 0.1) is 53.5 Å². The van der Waals surface area contributed by atoms with Gasteiger partial charge < -0.3 is 18.8 Å².